The molecule has 0 radical (unpaired) electrons. The van der Waals surface area contributed by atoms with E-state index >= 15 is 0 Å². The van der Waals surface area contributed by atoms with E-state index in [0.717, 1.165) is 56.9 Å². The van der Waals surface area contributed by atoms with E-state index in [-0.39, 0.29) is 17.9 Å². The lowest BCUT2D eigenvalue weighted by Gasteiger charge is -2.31. The van der Waals surface area contributed by atoms with E-state index < -0.39 is 0 Å². The fourth-order valence-electron chi connectivity index (χ4n) is 3.89. The zero-order valence-corrected chi connectivity index (χ0v) is 13.1. The molecule has 0 aliphatic heterocycles. The Bertz CT molecular complexity index is 308. The fraction of sp³-hybridized carbons (Fsp3) is 0.941. The summed E-state index contributed by atoms with van der Waals surface area (Å²) in [5.74, 6) is 2.54. The highest BCUT2D eigenvalue weighted by atomic mass is 16.3. The summed E-state index contributed by atoms with van der Waals surface area (Å²) < 4.78 is 0. The Hall–Kier alpha value is -0.570. The Balaban J connectivity index is 1.68. The number of carbonyl (C=O) groups excluding carboxylic acids is 1. The molecule has 2 fully saturated rings. The largest absolute Gasteiger partial charge is 0.393 e. The first kappa shape index (κ1) is 15.8. The number of amides is 1. The van der Waals surface area contributed by atoms with Gasteiger partial charge in [-0.1, -0.05) is 20.3 Å². The molecule has 3 nitrogen and oxygen atoms in total. The number of rotatable bonds is 4. The van der Waals surface area contributed by atoms with Crippen molar-refractivity contribution < 1.29 is 9.90 Å². The molecule has 20 heavy (non-hydrogen) atoms. The normalized spacial score (nSPS) is 35.0. The lowest BCUT2D eigenvalue weighted by molar-refractivity contribution is -0.126. The second kappa shape index (κ2) is 7.44. The lowest BCUT2D eigenvalue weighted by atomic mass is 9.76. The van der Waals surface area contributed by atoms with E-state index in [2.05, 4.69) is 19.2 Å². The molecule has 2 aliphatic rings. The molecule has 2 rings (SSSR count). The third kappa shape index (κ3) is 4.47. The first-order valence-corrected chi connectivity index (χ1v) is 8.52. The van der Waals surface area contributed by atoms with Crippen LogP contribution in [-0.4, -0.2) is 23.7 Å². The van der Waals surface area contributed by atoms with Crippen molar-refractivity contribution in [3.63, 3.8) is 0 Å². The molecule has 0 aromatic heterocycles. The van der Waals surface area contributed by atoms with Gasteiger partial charge in [-0.25, -0.2) is 0 Å². The smallest absolute Gasteiger partial charge is 0.223 e. The number of hydrogen-bond donors (Lipinski definition) is 2. The van der Waals surface area contributed by atoms with Crippen LogP contribution in [0.15, 0.2) is 0 Å². The minimum absolute atomic E-state index is 0.146. The molecule has 2 saturated carbocycles. The Labute approximate surface area is 123 Å². The Morgan fingerprint density at radius 2 is 1.85 bits per heavy atom. The zero-order valence-electron chi connectivity index (χ0n) is 13.1. The van der Waals surface area contributed by atoms with Crippen molar-refractivity contribution in [1.82, 2.24) is 5.32 Å². The fourth-order valence-corrected chi connectivity index (χ4v) is 3.89. The van der Waals surface area contributed by atoms with Gasteiger partial charge in [0.2, 0.25) is 5.91 Å². The SMILES string of the molecule is CC(C)C1CCC(C(=O)NCC2CCCC(O)C2)CC1. The molecule has 2 aliphatic carbocycles. The quantitative estimate of drug-likeness (QED) is 0.832. The third-order valence-corrected chi connectivity index (χ3v) is 5.41. The summed E-state index contributed by atoms with van der Waals surface area (Å²) in [5, 5.41) is 12.8. The average Bonchev–Trinajstić information content (AvgIpc) is 2.45. The predicted molar refractivity (Wildman–Crippen MR) is 81.3 cm³/mol. The van der Waals surface area contributed by atoms with E-state index in [4.69, 9.17) is 0 Å². The van der Waals surface area contributed by atoms with Crippen molar-refractivity contribution in [2.75, 3.05) is 6.54 Å². The first-order valence-electron chi connectivity index (χ1n) is 8.52. The van der Waals surface area contributed by atoms with Crippen molar-refractivity contribution in [2.45, 2.75) is 71.3 Å². The number of hydrogen-bond acceptors (Lipinski definition) is 2. The van der Waals surface area contributed by atoms with E-state index in [1.54, 1.807) is 0 Å². The molecule has 2 N–H and O–H groups in total. The highest BCUT2D eigenvalue weighted by Gasteiger charge is 2.28. The van der Waals surface area contributed by atoms with Gasteiger partial charge < -0.3 is 10.4 Å². The molecular formula is C17H31NO2. The van der Waals surface area contributed by atoms with Crippen molar-refractivity contribution >= 4 is 5.91 Å². The van der Waals surface area contributed by atoms with E-state index in [9.17, 15) is 9.90 Å². The second-order valence-electron chi connectivity index (χ2n) is 7.29. The summed E-state index contributed by atoms with van der Waals surface area (Å²) in [6, 6.07) is 0. The number of aliphatic hydroxyl groups is 1. The zero-order chi connectivity index (χ0) is 14.5. The van der Waals surface area contributed by atoms with Gasteiger partial charge >= 0.3 is 0 Å². The Kier molecular flexibility index (Phi) is 5.88. The number of carbonyl (C=O) groups is 1. The van der Waals surface area contributed by atoms with Crippen molar-refractivity contribution in [3.8, 4) is 0 Å². The van der Waals surface area contributed by atoms with Gasteiger partial charge in [0, 0.05) is 12.5 Å². The molecule has 0 heterocycles. The Morgan fingerprint density at radius 1 is 1.15 bits per heavy atom. The van der Waals surface area contributed by atoms with Crippen LogP contribution in [-0.2, 0) is 4.79 Å². The summed E-state index contributed by atoms with van der Waals surface area (Å²) in [5.41, 5.74) is 0. The van der Waals surface area contributed by atoms with Gasteiger partial charge in [-0.15, -0.1) is 0 Å². The van der Waals surface area contributed by atoms with Crippen LogP contribution in [0.25, 0.3) is 0 Å². The molecule has 0 bridgehead atoms. The molecular weight excluding hydrogens is 250 g/mol. The van der Waals surface area contributed by atoms with Crippen LogP contribution in [0.1, 0.15) is 65.2 Å². The number of nitrogens with one attached hydrogen (secondary N) is 1. The number of aliphatic hydroxyl groups excluding tert-OH is 1. The van der Waals surface area contributed by atoms with Gasteiger partial charge in [0.15, 0.2) is 0 Å². The van der Waals surface area contributed by atoms with Crippen LogP contribution in [0.5, 0.6) is 0 Å². The van der Waals surface area contributed by atoms with Crippen LogP contribution in [0.4, 0.5) is 0 Å². The maximum atomic E-state index is 12.2. The van der Waals surface area contributed by atoms with Gasteiger partial charge in [0.25, 0.3) is 0 Å². The molecule has 0 aromatic rings. The second-order valence-corrected chi connectivity index (χ2v) is 7.29. The molecule has 1 amide bonds. The van der Waals surface area contributed by atoms with Crippen LogP contribution in [0.3, 0.4) is 0 Å². The summed E-state index contributed by atoms with van der Waals surface area (Å²) in [6.07, 6.45) is 8.43. The Morgan fingerprint density at radius 3 is 2.45 bits per heavy atom. The molecule has 2 atom stereocenters. The van der Waals surface area contributed by atoms with Gasteiger partial charge in [0.1, 0.15) is 0 Å². The van der Waals surface area contributed by atoms with E-state index in [1.165, 1.54) is 12.8 Å². The molecule has 3 heteroatoms. The third-order valence-electron chi connectivity index (χ3n) is 5.41. The van der Waals surface area contributed by atoms with Gasteiger partial charge in [-0.3, -0.25) is 4.79 Å². The van der Waals surface area contributed by atoms with Crippen LogP contribution < -0.4 is 5.32 Å². The maximum Gasteiger partial charge on any atom is 0.223 e. The van der Waals surface area contributed by atoms with Crippen molar-refractivity contribution in [2.24, 2.45) is 23.7 Å². The summed E-state index contributed by atoms with van der Waals surface area (Å²) in [7, 11) is 0. The minimum Gasteiger partial charge on any atom is -0.393 e. The average molecular weight is 281 g/mol. The predicted octanol–water partition coefficient (Wildman–Crippen LogP) is 3.12. The molecule has 116 valence electrons. The molecule has 0 spiro atoms. The summed E-state index contributed by atoms with van der Waals surface area (Å²) in [6.45, 7) is 5.35. The van der Waals surface area contributed by atoms with Gasteiger partial charge in [-0.2, -0.15) is 0 Å². The lowest BCUT2D eigenvalue weighted by Crippen LogP contribution is -2.38. The monoisotopic (exact) mass is 281 g/mol. The van der Waals surface area contributed by atoms with E-state index in [1.807, 2.05) is 0 Å². The van der Waals surface area contributed by atoms with Crippen LogP contribution in [0, 0.1) is 23.7 Å². The summed E-state index contributed by atoms with van der Waals surface area (Å²) >= 11 is 0. The highest BCUT2D eigenvalue weighted by Crippen LogP contribution is 2.33. The van der Waals surface area contributed by atoms with Gasteiger partial charge in [0.05, 0.1) is 6.10 Å². The standard InChI is InChI=1S/C17H31NO2/c1-12(2)14-6-8-15(9-7-14)17(20)18-11-13-4-3-5-16(19)10-13/h12-16,19H,3-11H2,1-2H3,(H,18,20). The molecule has 0 saturated heterocycles. The van der Waals surface area contributed by atoms with Crippen LogP contribution >= 0.6 is 0 Å². The van der Waals surface area contributed by atoms with Gasteiger partial charge in [-0.05, 0) is 62.7 Å². The maximum absolute atomic E-state index is 12.2. The first-order chi connectivity index (χ1) is 9.56. The van der Waals surface area contributed by atoms with Crippen molar-refractivity contribution in [3.05, 3.63) is 0 Å². The highest BCUT2D eigenvalue weighted by molar-refractivity contribution is 5.78. The molecule has 0 aromatic carbocycles. The van der Waals surface area contributed by atoms with Crippen LogP contribution in [0.2, 0.25) is 0 Å². The minimum atomic E-state index is -0.146. The topological polar surface area (TPSA) is 49.3 Å². The summed E-state index contributed by atoms with van der Waals surface area (Å²) in [4.78, 5) is 12.2. The molecule has 2 unspecified atom stereocenters. The van der Waals surface area contributed by atoms with Crippen molar-refractivity contribution in [1.29, 1.82) is 0 Å². The van der Waals surface area contributed by atoms with E-state index in [0.29, 0.717) is 5.92 Å².